The summed E-state index contributed by atoms with van der Waals surface area (Å²) in [6, 6.07) is 3.79. The lowest BCUT2D eigenvalue weighted by Gasteiger charge is -2.21. The topological polar surface area (TPSA) is 53.7 Å². The van der Waals surface area contributed by atoms with Gasteiger partial charge in [-0.2, -0.15) is 0 Å². The molecule has 0 saturated carbocycles. The summed E-state index contributed by atoms with van der Waals surface area (Å²) in [6.45, 7) is 0.850. The molecule has 1 saturated heterocycles. The van der Waals surface area contributed by atoms with E-state index in [0.29, 0.717) is 6.42 Å². The number of rotatable bonds is 3. The number of carboxylic acid groups (broad SMARTS) is 1. The zero-order valence-corrected chi connectivity index (χ0v) is 8.72. The molecule has 1 aromatic rings. The van der Waals surface area contributed by atoms with Gasteiger partial charge in [-0.1, -0.05) is 0 Å². The molecule has 0 radical (unpaired) electrons. The molecule has 1 N–H and O–H groups in total. The summed E-state index contributed by atoms with van der Waals surface area (Å²) >= 11 is 0. The number of likely N-dealkylation sites (tertiary alicyclic amines) is 1. The zero-order chi connectivity index (χ0) is 10.8. The number of aliphatic carboxylic acids is 1. The summed E-state index contributed by atoms with van der Waals surface area (Å²) in [7, 11) is 1.97. The fraction of sp³-hybridized carbons (Fsp3) is 0.545. The monoisotopic (exact) mass is 209 g/mol. The smallest absolute Gasteiger partial charge is 0.308 e. The van der Waals surface area contributed by atoms with Gasteiger partial charge in [0.15, 0.2) is 0 Å². The molecule has 2 unspecified atom stereocenters. The average molecular weight is 209 g/mol. The molecule has 2 heterocycles. The van der Waals surface area contributed by atoms with Crippen LogP contribution in [0, 0.1) is 5.92 Å². The SMILES string of the molecule is CN1CCC(C(=O)O)C1Cc1ccco1. The predicted molar refractivity (Wildman–Crippen MR) is 54.6 cm³/mol. The summed E-state index contributed by atoms with van der Waals surface area (Å²) in [6.07, 6.45) is 3.04. The van der Waals surface area contributed by atoms with E-state index in [9.17, 15) is 4.79 Å². The van der Waals surface area contributed by atoms with E-state index in [2.05, 4.69) is 4.90 Å². The van der Waals surface area contributed by atoms with Crippen molar-refractivity contribution in [2.45, 2.75) is 18.9 Å². The Bertz CT molecular complexity index is 334. The van der Waals surface area contributed by atoms with Gasteiger partial charge in [-0.05, 0) is 32.1 Å². The quantitative estimate of drug-likeness (QED) is 0.813. The zero-order valence-electron chi connectivity index (χ0n) is 8.72. The molecule has 0 bridgehead atoms. The summed E-state index contributed by atoms with van der Waals surface area (Å²) in [5, 5.41) is 9.07. The summed E-state index contributed by atoms with van der Waals surface area (Å²) in [5.41, 5.74) is 0. The van der Waals surface area contributed by atoms with Crippen LogP contribution >= 0.6 is 0 Å². The molecule has 82 valence electrons. The van der Waals surface area contributed by atoms with Gasteiger partial charge in [-0.25, -0.2) is 0 Å². The van der Waals surface area contributed by atoms with E-state index in [1.807, 2.05) is 19.2 Å². The average Bonchev–Trinajstić information content (AvgIpc) is 2.78. The van der Waals surface area contributed by atoms with Gasteiger partial charge in [0.25, 0.3) is 0 Å². The van der Waals surface area contributed by atoms with E-state index in [-0.39, 0.29) is 12.0 Å². The molecule has 1 aliphatic heterocycles. The number of nitrogens with zero attached hydrogens (tertiary/aromatic N) is 1. The van der Waals surface area contributed by atoms with Crippen LogP contribution in [0.4, 0.5) is 0 Å². The van der Waals surface area contributed by atoms with Gasteiger partial charge in [-0.3, -0.25) is 4.79 Å². The van der Waals surface area contributed by atoms with Crippen LogP contribution in [-0.4, -0.2) is 35.6 Å². The second kappa shape index (κ2) is 4.06. The molecule has 1 aromatic heterocycles. The normalized spacial score (nSPS) is 27.0. The van der Waals surface area contributed by atoms with Crippen molar-refractivity contribution in [3.63, 3.8) is 0 Å². The lowest BCUT2D eigenvalue weighted by molar-refractivity contribution is -0.142. The molecule has 0 amide bonds. The first kappa shape index (κ1) is 10.2. The van der Waals surface area contributed by atoms with Crippen LogP contribution in [-0.2, 0) is 11.2 Å². The second-order valence-corrected chi connectivity index (χ2v) is 4.06. The van der Waals surface area contributed by atoms with Gasteiger partial charge in [0.1, 0.15) is 5.76 Å². The van der Waals surface area contributed by atoms with Crippen LogP contribution in [0.25, 0.3) is 0 Å². The summed E-state index contributed by atoms with van der Waals surface area (Å²) in [5.74, 6) is -0.101. The Morgan fingerprint density at radius 1 is 1.73 bits per heavy atom. The molecule has 15 heavy (non-hydrogen) atoms. The Labute approximate surface area is 88.5 Å². The van der Waals surface area contributed by atoms with E-state index >= 15 is 0 Å². The standard InChI is InChI=1S/C11H15NO3/c1-12-5-4-9(11(13)14)10(12)7-8-3-2-6-15-8/h2-3,6,9-10H,4-5,7H2,1H3,(H,13,14). The Hall–Kier alpha value is -1.29. The van der Waals surface area contributed by atoms with Crippen LogP contribution in [0.3, 0.4) is 0 Å². The maximum atomic E-state index is 11.0. The Morgan fingerprint density at radius 3 is 3.13 bits per heavy atom. The first-order valence-corrected chi connectivity index (χ1v) is 5.14. The third-order valence-electron chi connectivity index (χ3n) is 3.13. The molecular weight excluding hydrogens is 194 g/mol. The molecule has 1 fully saturated rings. The highest BCUT2D eigenvalue weighted by molar-refractivity contribution is 5.71. The van der Waals surface area contributed by atoms with Crippen molar-refractivity contribution < 1.29 is 14.3 Å². The molecular formula is C11H15NO3. The van der Waals surface area contributed by atoms with Crippen molar-refractivity contribution in [2.75, 3.05) is 13.6 Å². The van der Waals surface area contributed by atoms with E-state index in [1.54, 1.807) is 6.26 Å². The van der Waals surface area contributed by atoms with Crippen molar-refractivity contribution in [2.24, 2.45) is 5.92 Å². The predicted octanol–water partition coefficient (Wildman–Crippen LogP) is 1.23. The Balaban J connectivity index is 2.08. The Kier molecular flexibility index (Phi) is 2.77. The van der Waals surface area contributed by atoms with E-state index in [0.717, 1.165) is 18.7 Å². The number of carbonyl (C=O) groups is 1. The van der Waals surface area contributed by atoms with Crippen molar-refractivity contribution in [1.29, 1.82) is 0 Å². The maximum Gasteiger partial charge on any atom is 0.308 e. The number of carboxylic acids is 1. The molecule has 2 atom stereocenters. The van der Waals surface area contributed by atoms with Crippen LogP contribution in [0.2, 0.25) is 0 Å². The second-order valence-electron chi connectivity index (χ2n) is 4.06. The fourth-order valence-corrected chi connectivity index (χ4v) is 2.23. The molecule has 4 nitrogen and oxygen atoms in total. The summed E-state index contributed by atoms with van der Waals surface area (Å²) in [4.78, 5) is 13.1. The van der Waals surface area contributed by atoms with Gasteiger partial charge in [-0.15, -0.1) is 0 Å². The third-order valence-corrected chi connectivity index (χ3v) is 3.13. The number of likely N-dealkylation sites (N-methyl/N-ethyl adjacent to an activating group) is 1. The van der Waals surface area contributed by atoms with Crippen LogP contribution in [0.1, 0.15) is 12.2 Å². The van der Waals surface area contributed by atoms with Gasteiger partial charge in [0.05, 0.1) is 12.2 Å². The Morgan fingerprint density at radius 2 is 2.53 bits per heavy atom. The first-order chi connectivity index (χ1) is 7.18. The van der Waals surface area contributed by atoms with Gasteiger partial charge in [0.2, 0.25) is 0 Å². The highest BCUT2D eigenvalue weighted by Crippen LogP contribution is 2.26. The van der Waals surface area contributed by atoms with Crippen molar-refractivity contribution in [1.82, 2.24) is 4.90 Å². The molecule has 0 aliphatic carbocycles. The van der Waals surface area contributed by atoms with Crippen molar-refractivity contribution in [3.8, 4) is 0 Å². The number of hydrogen-bond acceptors (Lipinski definition) is 3. The van der Waals surface area contributed by atoms with Gasteiger partial charge in [0, 0.05) is 12.5 Å². The van der Waals surface area contributed by atoms with Crippen molar-refractivity contribution >= 4 is 5.97 Å². The van der Waals surface area contributed by atoms with Crippen LogP contribution in [0.15, 0.2) is 22.8 Å². The summed E-state index contributed by atoms with van der Waals surface area (Å²) < 4.78 is 5.25. The van der Waals surface area contributed by atoms with Gasteiger partial charge < -0.3 is 14.4 Å². The van der Waals surface area contributed by atoms with E-state index < -0.39 is 5.97 Å². The first-order valence-electron chi connectivity index (χ1n) is 5.14. The lowest BCUT2D eigenvalue weighted by Crippen LogP contribution is -2.34. The number of furan rings is 1. The lowest BCUT2D eigenvalue weighted by atomic mass is 9.97. The van der Waals surface area contributed by atoms with Gasteiger partial charge >= 0.3 is 5.97 Å². The molecule has 0 spiro atoms. The number of hydrogen-bond donors (Lipinski definition) is 1. The molecule has 1 aliphatic rings. The molecule has 0 aromatic carbocycles. The molecule has 4 heteroatoms. The van der Waals surface area contributed by atoms with E-state index in [1.165, 1.54) is 0 Å². The highest BCUT2D eigenvalue weighted by atomic mass is 16.4. The minimum absolute atomic E-state index is 0.0636. The largest absolute Gasteiger partial charge is 0.481 e. The third kappa shape index (κ3) is 2.04. The maximum absolute atomic E-state index is 11.0. The van der Waals surface area contributed by atoms with Crippen LogP contribution in [0.5, 0.6) is 0 Å². The minimum Gasteiger partial charge on any atom is -0.481 e. The van der Waals surface area contributed by atoms with Crippen LogP contribution < -0.4 is 0 Å². The fourth-order valence-electron chi connectivity index (χ4n) is 2.23. The van der Waals surface area contributed by atoms with Crippen molar-refractivity contribution in [3.05, 3.63) is 24.2 Å². The molecule has 2 rings (SSSR count). The highest BCUT2D eigenvalue weighted by Gasteiger charge is 2.37. The van der Waals surface area contributed by atoms with E-state index in [4.69, 9.17) is 9.52 Å². The minimum atomic E-state index is -0.698.